The lowest BCUT2D eigenvalue weighted by Gasteiger charge is -2.53. The van der Waals surface area contributed by atoms with Crippen molar-refractivity contribution in [2.75, 3.05) is 0 Å². The van der Waals surface area contributed by atoms with Crippen LogP contribution in [0.1, 0.15) is 51.5 Å². The van der Waals surface area contributed by atoms with E-state index < -0.39 is 5.60 Å². The Kier molecular flexibility index (Phi) is 4.41. The molecular formula is C20H25FN2O2S. The number of aromatic nitrogens is 1. The zero-order valence-corrected chi connectivity index (χ0v) is 16.3. The Morgan fingerprint density at radius 2 is 2.12 bits per heavy atom. The standard InChI is InChI=1S/C20H25FN2O2S/c1-20(2,3)25-19(24)23-14(8-12-9-15(23)10-12)5-7-18-22-16-6-4-13(21)11-17(16)26-18/h4,6,11-12,14-15H,5,7-10H2,1-3H3. The van der Waals surface area contributed by atoms with Crippen LogP contribution in [-0.2, 0) is 11.2 Å². The molecule has 1 aliphatic carbocycles. The van der Waals surface area contributed by atoms with Crippen LogP contribution in [-0.4, -0.2) is 33.7 Å². The quantitative estimate of drug-likeness (QED) is 0.743. The topological polar surface area (TPSA) is 42.4 Å². The maximum atomic E-state index is 13.4. The number of carbonyl (C=O) groups excluding carboxylic acids is 1. The van der Waals surface area contributed by atoms with Gasteiger partial charge in [0.15, 0.2) is 0 Å². The molecule has 1 unspecified atom stereocenters. The molecule has 1 amide bonds. The Morgan fingerprint density at radius 1 is 1.35 bits per heavy atom. The molecule has 3 heterocycles. The number of thiazole rings is 1. The van der Waals surface area contributed by atoms with Gasteiger partial charge in [0, 0.05) is 18.5 Å². The lowest BCUT2D eigenvalue weighted by Crippen LogP contribution is -2.59. The van der Waals surface area contributed by atoms with Crippen LogP contribution in [0.5, 0.6) is 0 Å². The number of hydrogen-bond acceptors (Lipinski definition) is 4. The van der Waals surface area contributed by atoms with Crippen LogP contribution in [0.2, 0.25) is 0 Å². The maximum Gasteiger partial charge on any atom is 0.410 e. The first-order valence-corrected chi connectivity index (χ1v) is 10.2. The van der Waals surface area contributed by atoms with Gasteiger partial charge in [0.25, 0.3) is 0 Å². The molecule has 1 atom stereocenters. The van der Waals surface area contributed by atoms with E-state index in [1.165, 1.54) is 6.07 Å². The molecule has 4 nitrogen and oxygen atoms in total. The summed E-state index contributed by atoms with van der Waals surface area (Å²) in [4.78, 5) is 19.3. The van der Waals surface area contributed by atoms with Gasteiger partial charge < -0.3 is 9.64 Å². The Labute approximate surface area is 157 Å². The first-order valence-electron chi connectivity index (χ1n) is 9.35. The van der Waals surface area contributed by atoms with Crippen LogP contribution < -0.4 is 0 Å². The molecule has 3 fully saturated rings. The molecule has 1 aromatic heterocycles. The number of ether oxygens (including phenoxy) is 1. The number of piperidine rings is 2. The molecule has 0 spiro atoms. The molecule has 2 aliphatic heterocycles. The van der Waals surface area contributed by atoms with Gasteiger partial charge in [-0.05, 0) is 70.6 Å². The summed E-state index contributed by atoms with van der Waals surface area (Å²) in [6.07, 6.45) is 4.78. The first kappa shape index (κ1) is 17.7. The lowest BCUT2D eigenvalue weighted by molar-refractivity contribution is -0.0532. The number of halogens is 1. The highest BCUT2D eigenvalue weighted by atomic mass is 32.1. The van der Waals surface area contributed by atoms with E-state index in [9.17, 15) is 9.18 Å². The van der Waals surface area contributed by atoms with Gasteiger partial charge in [0.2, 0.25) is 0 Å². The van der Waals surface area contributed by atoms with Crippen LogP contribution in [0.15, 0.2) is 18.2 Å². The maximum absolute atomic E-state index is 13.4. The van der Waals surface area contributed by atoms with E-state index in [1.807, 2.05) is 25.7 Å². The van der Waals surface area contributed by atoms with Crippen LogP contribution in [0.25, 0.3) is 10.2 Å². The molecule has 140 valence electrons. The number of hydrogen-bond donors (Lipinski definition) is 0. The molecule has 6 heteroatoms. The molecule has 2 saturated heterocycles. The normalized spacial score (nSPS) is 25.2. The van der Waals surface area contributed by atoms with Crippen molar-refractivity contribution < 1.29 is 13.9 Å². The minimum Gasteiger partial charge on any atom is -0.444 e. The molecule has 0 radical (unpaired) electrons. The Hall–Kier alpha value is -1.69. The van der Waals surface area contributed by atoms with E-state index in [0.29, 0.717) is 6.04 Å². The van der Waals surface area contributed by atoms with Crippen LogP contribution in [0.4, 0.5) is 9.18 Å². The van der Waals surface area contributed by atoms with E-state index in [4.69, 9.17) is 4.74 Å². The van der Waals surface area contributed by atoms with Crippen molar-refractivity contribution in [1.82, 2.24) is 9.88 Å². The van der Waals surface area contributed by atoms with Gasteiger partial charge in [-0.25, -0.2) is 14.2 Å². The average molecular weight is 376 g/mol. The highest BCUT2D eigenvalue weighted by Crippen LogP contribution is 2.44. The molecular weight excluding hydrogens is 351 g/mol. The Balaban J connectivity index is 1.45. The zero-order valence-electron chi connectivity index (χ0n) is 15.5. The predicted octanol–water partition coefficient (Wildman–Crippen LogP) is 5.16. The third-order valence-electron chi connectivity index (χ3n) is 5.29. The third-order valence-corrected chi connectivity index (χ3v) is 6.37. The fraction of sp³-hybridized carbons (Fsp3) is 0.600. The van der Waals surface area contributed by atoms with Crippen molar-refractivity contribution in [2.45, 2.75) is 70.6 Å². The molecule has 1 saturated carbocycles. The van der Waals surface area contributed by atoms with Crippen LogP contribution >= 0.6 is 11.3 Å². The molecule has 3 aliphatic rings. The molecule has 0 N–H and O–H groups in total. The second-order valence-electron chi connectivity index (χ2n) is 8.53. The van der Waals surface area contributed by atoms with Gasteiger partial charge >= 0.3 is 6.09 Å². The van der Waals surface area contributed by atoms with Crippen LogP contribution in [0.3, 0.4) is 0 Å². The predicted molar refractivity (Wildman–Crippen MR) is 101 cm³/mol. The third kappa shape index (κ3) is 3.56. The minimum atomic E-state index is -0.473. The van der Waals surface area contributed by atoms with Crippen molar-refractivity contribution in [3.05, 3.63) is 29.0 Å². The number of aryl methyl sites for hydroxylation is 1. The zero-order chi connectivity index (χ0) is 18.5. The monoisotopic (exact) mass is 376 g/mol. The number of nitrogens with zero attached hydrogens (tertiary/aromatic N) is 2. The molecule has 2 bridgehead atoms. The second kappa shape index (κ2) is 6.48. The van der Waals surface area contributed by atoms with Crippen molar-refractivity contribution in [1.29, 1.82) is 0 Å². The van der Waals surface area contributed by atoms with E-state index in [1.54, 1.807) is 23.5 Å². The summed E-state index contributed by atoms with van der Waals surface area (Å²) >= 11 is 1.55. The summed E-state index contributed by atoms with van der Waals surface area (Å²) in [5.74, 6) is 0.518. The van der Waals surface area contributed by atoms with Crippen molar-refractivity contribution >= 4 is 27.6 Å². The number of fused-ring (bicyclic) bond motifs is 3. The summed E-state index contributed by atoms with van der Waals surface area (Å²) in [6.45, 7) is 5.73. The summed E-state index contributed by atoms with van der Waals surface area (Å²) < 4.78 is 19.9. The van der Waals surface area contributed by atoms with Gasteiger partial charge in [-0.1, -0.05) is 0 Å². The highest BCUT2D eigenvalue weighted by Gasteiger charge is 2.47. The highest BCUT2D eigenvalue weighted by molar-refractivity contribution is 7.18. The largest absolute Gasteiger partial charge is 0.444 e. The second-order valence-corrected chi connectivity index (χ2v) is 9.64. The Morgan fingerprint density at radius 3 is 2.85 bits per heavy atom. The van der Waals surface area contributed by atoms with Gasteiger partial charge in [-0.2, -0.15) is 0 Å². The van der Waals surface area contributed by atoms with Gasteiger partial charge in [-0.15, -0.1) is 11.3 Å². The van der Waals surface area contributed by atoms with Gasteiger partial charge in [0.1, 0.15) is 11.4 Å². The summed E-state index contributed by atoms with van der Waals surface area (Å²) in [6, 6.07) is 5.27. The van der Waals surface area contributed by atoms with E-state index in [0.717, 1.165) is 53.2 Å². The van der Waals surface area contributed by atoms with Crippen molar-refractivity contribution in [3.8, 4) is 0 Å². The molecule has 1 aromatic carbocycles. The molecule has 2 aromatic rings. The van der Waals surface area contributed by atoms with Crippen LogP contribution in [0, 0.1) is 11.7 Å². The fourth-order valence-electron chi connectivity index (χ4n) is 4.13. The first-order chi connectivity index (χ1) is 12.3. The van der Waals surface area contributed by atoms with E-state index in [2.05, 4.69) is 4.98 Å². The minimum absolute atomic E-state index is 0.183. The fourth-order valence-corrected chi connectivity index (χ4v) is 5.14. The number of amides is 1. The average Bonchev–Trinajstić information content (AvgIpc) is 2.92. The number of rotatable bonds is 3. The molecule has 26 heavy (non-hydrogen) atoms. The van der Waals surface area contributed by atoms with Crippen molar-refractivity contribution in [3.63, 3.8) is 0 Å². The SMILES string of the molecule is CC(C)(C)OC(=O)N1C(CCc2nc3ccc(F)cc3s2)CC2CC1C2. The number of benzene rings is 1. The van der Waals surface area contributed by atoms with Gasteiger partial charge in [-0.3, -0.25) is 0 Å². The van der Waals surface area contributed by atoms with Crippen molar-refractivity contribution in [2.24, 2.45) is 5.92 Å². The number of carbonyl (C=O) groups is 1. The Bertz CT molecular complexity index is 823. The van der Waals surface area contributed by atoms with E-state index >= 15 is 0 Å². The summed E-state index contributed by atoms with van der Waals surface area (Å²) in [7, 11) is 0. The van der Waals surface area contributed by atoms with E-state index in [-0.39, 0.29) is 18.0 Å². The lowest BCUT2D eigenvalue weighted by atomic mass is 9.70. The summed E-state index contributed by atoms with van der Waals surface area (Å²) in [5, 5.41) is 1.01. The smallest absolute Gasteiger partial charge is 0.410 e. The molecule has 5 rings (SSSR count). The van der Waals surface area contributed by atoms with Gasteiger partial charge in [0.05, 0.1) is 15.2 Å². The summed E-state index contributed by atoms with van der Waals surface area (Å²) in [5.41, 5.74) is 0.376.